The number of hydrogen-bond donors (Lipinski definition) is 0. The molecule has 0 bridgehead atoms. The Morgan fingerprint density at radius 2 is 1.20 bits per heavy atom. The summed E-state index contributed by atoms with van der Waals surface area (Å²) in [5.41, 5.74) is 0. The summed E-state index contributed by atoms with van der Waals surface area (Å²) in [5.74, 6) is 0. The normalized spacial score (nSPS) is 4.20. The van der Waals surface area contributed by atoms with Gasteiger partial charge in [-0.3, -0.25) is 0 Å². The third-order valence-electron chi connectivity index (χ3n) is 0.487. The summed E-state index contributed by atoms with van der Waals surface area (Å²) < 4.78 is 0. The number of halogens is 6. The Bertz CT molecular complexity index is 17.2. The molecule has 0 N–H and O–H groups in total. The number of unbranched alkanes of at least 4 members (excludes halogenated alkanes) is 1. The molecule has 0 aliphatic heterocycles. The van der Waals surface area contributed by atoms with Crippen molar-refractivity contribution in [1.82, 2.24) is 0 Å². The van der Waals surface area contributed by atoms with Crippen LogP contribution in [-0.4, -0.2) is 5.33 Å². The molecule has 0 radical (unpaired) electrons. The molecular formula is C4H14Br6. The second-order valence-corrected chi connectivity index (χ2v) is 1.84. The third-order valence-corrected chi connectivity index (χ3v) is 1.05. The van der Waals surface area contributed by atoms with E-state index >= 15 is 0 Å². The van der Waals surface area contributed by atoms with Crippen molar-refractivity contribution >= 4 is 101 Å². The van der Waals surface area contributed by atoms with Gasteiger partial charge in [-0.25, -0.2) is 0 Å². The maximum atomic E-state index is 3.31. The van der Waals surface area contributed by atoms with Crippen molar-refractivity contribution in [3.8, 4) is 0 Å². The monoisotopic (exact) mass is 536 g/mol. The minimum atomic E-state index is 0. The summed E-state index contributed by atoms with van der Waals surface area (Å²) in [6, 6.07) is 0. The van der Waals surface area contributed by atoms with Crippen molar-refractivity contribution in [3.63, 3.8) is 0 Å². The molecule has 0 saturated heterocycles. The molecule has 72 valence electrons. The molecule has 0 saturated carbocycles. The Morgan fingerprint density at radius 1 is 0.900 bits per heavy atom. The molecule has 0 rings (SSSR count). The molecule has 6 heteroatoms. The quantitative estimate of drug-likeness (QED) is 0.429. The summed E-state index contributed by atoms with van der Waals surface area (Å²) in [6.07, 6.45) is 2.60. The fourth-order valence-corrected chi connectivity index (χ4v) is 0.694. The van der Waals surface area contributed by atoms with Crippen LogP contribution in [0.4, 0.5) is 0 Å². The van der Waals surface area contributed by atoms with E-state index < -0.39 is 0 Å². The molecule has 0 aliphatic carbocycles. The smallest absolute Gasteiger partial charge is 0.00312 e. The minimum Gasteiger partial charge on any atom is -0.114 e. The van der Waals surface area contributed by atoms with Crippen molar-refractivity contribution in [1.29, 1.82) is 0 Å². The van der Waals surface area contributed by atoms with Gasteiger partial charge in [0.15, 0.2) is 0 Å². The van der Waals surface area contributed by atoms with Crippen molar-refractivity contribution in [2.75, 3.05) is 5.33 Å². The fourth-order valence-electron chi connectivity index (χ4n) is 0.134. The number of hydrogen-bond acceptors (Lipinski definition) is 0. The predicted molar refractivity (Wildman–Crippen MR) is 80.3 cm³/mol. The Labute approximate surface area is 124 Å². The Morgan fingerprint density at radius 3 is 1.20 bits per heavy atom. The predicted octanol–water partition coefficient (Wildman–Crippen LogP) is 5.07. The minimum absolute atomic E-state index is 0. The standard InChI is InChI=1S/C4H9Br.5BrH/c1-2-3-4-5;;;;;/h2-4H2,1H3;5*1H. The fraction of sp³-hybridized carbons (Fsp3) is 1.00. The van der Waals surface area contributed by atoms with E-state index in [1.807, 2.05) is 0 Å². The molecule has 0 aromatic rings. The first-order chi connectivity index (χ1) is 2.41. The molecule has 0 amide bonds. The van der Waals surface area contributed by atoms with Crippen LogP contribution in [0.1, 0.15) is 19.8 Å². The number of rotatable bonds is 2. The summed E-state index contributed by atoms with van der Waals surface area (Å²) in [4.78, 5) is 0. The van der Waals surface area contributed by atoms with Crippen LogP contribution in [0.15, 0.2) is 0 Å². The van der Waals surface area contributed by atoms with Gasteiger partial charge >= 0.3 is 0 Å². The third kappa shape index (κ3) is 44.6. The van der Waals surface area contributed by atoms with E-state index in [2.05, 4.69) is 22.9 Å². The highest BCUT2D eigenvalue weighted by Gasteiger charge is 1.69. The molecule has 0 nitrogen and oxygen atoms in total. The Kier molecular flexibility index (Phi) is 156. The van der Waals surface area contributed by atoms with Crippen molar-refractivity contribution in [3.05, 3.63) is 0 Å². The van der Waals surface area contributed by atoms with E-state index in [1.165, 1.54) is 12.8 Å². The number of alkyl halides is 1. The molecule has 0 aromatic heterocycles. The summed E-state index contributed by atoms with van der Waals surface area (Å²) in [5, 5.41) is 1.16. The zero-order valence-corrected chi connectivity index (χ0v) is 15.7. The van der Waals surface area contributed by atoms with Gasteiger partial charge in [0.2, 0.25) is 0 Å². The summed E-state index contributed by atoms with van der Waals surface area (Å²) in [6.45, 7) is 2.18. The largest absolute Gasteiger partial charge is 0.114 e. The van der Waals surface area contributed by atoms with Crippen LogP contribution in [-0.2, 0) is 0 Å². The first-order valence-corrected chi connectivity index (χ1v) is 3.10. The zero-order chi connectivity index (χ0) is 4.12. The highest BCUT2D eigenvalue weighted by atomic mass is 79.9. The van der Waals surface area contributed by atoms with Gasteiger partial charge in [-0.15, -0.1) is 84.9 Å². The molecular weight excluding hydrogens is 527 g/mol. The van der Waals surface area contributed by atoms with E-state index in [1.54, 1.807) is 0 Å². The highest BCUT2D eigenvalue weighted by Crippen LogP contribution is 1.89. The lowest BCUT2D eigenvalue weighted by molar-refractivity contribution is 0.902. The van der Waals surface area contributed by atoms with Gasteiger partial charge in [-0.2, -0.15) is 0 Å². The van der Waals surface area contributed by atoms with Crippen LogP contribution in [0.5, 0.6) is 0 Å². The van der Waals surface area contributed by atoms with Crippen molar-refractivity contribution < 1.29 is 0 Å². The van der Waals surface area contributed by atoms with Crippen LogP contribution in [0.25, 0.3) is 0 Å². The van der Waals surface area contributed by atoms with Gasteiger partial charge in [0.1, 0.15) is 0 Å². The van der Waals surface area contributed by atoms with E-state index in [0.29, 0.717) is 0 Å². The molecule has 0 aliphatic rings. The Balaban J connectivity index is -0.00000000800. The lowest BCUT2D eigenvalue weighted by atomic mass is 10.4. The first-order valence-electron chi connectivity index (χ1n) is 1.97. The average Bonchev–Trinajstić information content (AvgIpc) is 1.41. The van der Waals surface area contributed by atoms with E-state index in [0.717, 1.165) is 5.33 Å². The first kappa shape index (κ1) is 38.4. The lowest BCUT2D eigenvalue weighted by Crippen LogP contribution is -1.64. The molecule has 0 heterocycles. The van der Waals surface area contributed by atoms with Gasteiger partial charge in [0.25, 0.3) is 0 Å². The lowest BCUT2D eigenvalue weighted by Gasteiger charge is -1.77. The van der Waals surface area contributed by atoms with Crippen molar-refractivity contribution in [2.24, 2.45) is 0 Å². The summed E-state index contributed by atoms with van der Waals surface area (Å²) in [7, 11) is 0. The van der Waals surface area contributed by atoms with E-state index in [-0.39, 0.29) is 84.9 Å². The van der Waals surface area contributed by atoms with Crippen LogP contribution in [0, 0.1) is 0 Å². The molecule has 0 atom stereocenters. The van der Waals surface area contributed by atoms with Gasteiger partial charge in [0.05, 0.1) is 0 Å². The Hall–Kier alpha value is 2.88. The van der Waals surface area contributed by atoms with E-state index in [9.17, 15) is 0 Å². The second kappa shape index (κ2) is 40.7. The SMILES string of the molecule is Br.Br.Br.Br.Br.CCCCBr. The molecule has 0 unspecified atom stereocenters. The van der Waals surface area contributed by atoms with Crippen LogP contribution in [0.3, 0.4) is 0 Å². The van der Waals surface area contributed by atoms with Crippen molar-refractivity contribution in [2.45, 2.75) is 19.8 Å². The van der Waals surface area contributed by atoms with Gasteiger partial charge in [-0.1, -0.05) is 29.3 Å². The zero-order valence-electron chi connectivity index (χ0n) is 5.54. The van der Waals surface area contributed by atoms with Crippen LogP contribution in [0.2, 0.25) is 0 Å². The maximum Gasteiger partial charge on any atom is 0.00312 e. The molecule has 0 aromatic carbocycles. The van der Waals surface area contributed by atoms with Gasteiger partial charge in [-0.05, 0) is 6.42 Å². The highest BCUT2D eigenvalue weighted by molar-refractivity contribution is 9.09. The van der Waals surface area contributed by atoms with E-state index in [4.69, 9.17) is 0 Å². The van der Waals surface area contributed by atoms with Gasteiger partial charge in [0, 0.05) is 5.33 Å². The molecule has 10 heavy (non-hydrogen) atoms. The summed E-state index contributed by atoms with van der Waals surface area (Å²) >= 11 is 3.31. The molecule has 0 spiro atoms. The molecule has 0 fully saturated rings. The topological polar surface area (TPSA) is 0 Å². The second-order valence-electron chi connectivity index (χ2n) is 1.04. The van der Waals surface area contributed by atoms with Crippen LogP contribution < -0.4 is 0 Å². The average molecular weight is 542 g/mol. The van der Waals surface area contributed by atoms with Crippen LogP contribution >= 0.6 is 101 Å². The van der Waals surface area contributed by atoms with Gasteiger partial charge < -0.3 is 0 Å². The maximum absolute atomic E-state index is 3.31.